The summed E-state index contributed by atoms with van der Waals surface area (Å²) in [6.07, 6.45) is 29.8. The molecule has 8 heterocycles. The number of aryl methyl sites for hydroxylation is 9. The van der Waals surface area contributed by atoms with Crippen molar-refractivity contribution in [3.05, 3.63) is 286 Å². The molecule has 0 spiro atoms. The van der Waals surface area contributed by atoms with Gasteiger partial charge in [-0.3, -0.25) is 24.4 Å². The quantitative estimate of drug-likeness (QED) is 0.120. The number of methoxy groups -OCH3 is 1. The van der Waals surface area contributed by atoms with E-state index in [1.54, 1.807) is 104 Å². The van der Waals surface area contributed by atoms with Gasteiger partial charge in [-0.15, -0.1) is 0 Å². The second-order valence-electron chi connectivity index (χ2n) is 16.0. The summed E-state index contributed by atoms with van der Waals surface area (Å²) < 4.78 is 24.3. The molecular formula is C61H72FIN12O2S. The molecule has 0 saturated heterocycles. The van der Waals surface area contributed by atoms with E-state index in [-0.39, 0.29) is 11.6 Å². The summed E-state index contributed by atoms with van der Waals surface area (Å²) in [5.41, 5.74) is 6.65. The molecule has 0 aliphatic rings. The van der Waals surface area contributed by atoms with Crippen LogP contribution in [0.4, 0.5) is 4.39 Å². The number of thiophene rings is 1. The van der Waals surface area contributed by atoms with Crippen LogP contribution in [-0.4, -0.2) is 71.7 Å². The number of rotatable bonds is 2. The molecule has 0 saturated carbocycles. The Morgan fingerprint density at radius 1 is 0.538 bits per heavy atom. The van der Waals surface area contributed by atoms with E-state index in [1.807, 2.05) is 147 Å². The van der Waals surface area contributed by atoms with Crippen molar-refractivity contribution >= 4 is 39.7 Å². The van der Waals surface area contributed by atoms with E-state index < -0.39 is 0 Å². The number of carbonyl (C=O) groups is 1. The van der Waals surface area contributed by atoms with Crippen LogP contribution in [0.25, 0.3) is 0 Å². The van der Waals surface area contributed by atoms with E-state index in [1.165, 1.54) is 63.3 Å². The van der Waals surface area contributed by atoms with Crippen molar-refractivity contribution < 1.29 is 13.9 Å². The number of ketones is 1. The topological polar surface area (TPSA) is 157 Å². The van der Waals surface area contributed by atoms with Crippen molar-refractivity contribution in [3.8, 4) is 5.75 Å². The molecule has 0 N–H and O–H groups in total. The fourth-order valence-electron chi connectivity index (χ4n) is 5.09. The lowest BCUT2D eigenvalue weighted by Crippen LogP contribution is -1.90. The summed E-state index contributed by atoms with van der Waals surface area (Å²) >= 11 is 4.01. The minimum Gasteiger partial charge on any atom is -0.497 e. The zero-order chi connectivity index (χ0) is 57.4. The molecule has 8 aromatic heterocycles. The predicted octanol–water partition coefficient (Wildman–Crippen LogP) is 14.0. The lowest BCUT2D eigenvalue weighted by atomic mass is 10.1. The summed E-state index contributed by atoms with van der Waals surface area (Å²) in [6.45, 7) is 13.6. The van der Waals surface area contributed by atoms with Gasteiger partial charge in [-0.2, -0.15) is 16.4 Å². The average molecular weight is 1180 g/mol. The van der Waals surface area contributed by atoms with Crippen LogP contribution >= 0.6 is 33.9 Å². The third-order valence-corrected chi connectivity index (χ3v) is 10.2. The second kappa shape index (κ2) is 44.8. The van der Waals surface area contributed by atoms with Crippen molar-refractivity contribution in [2.24, 2.45) is 21.1 Å². The fourth-order valence-corrected chi connectivity index (χ4v) is 5.91. The summed E-state index contributed by atoms with van der Waals surface area (Å²) in [5.74, 6) is 1.42. The maximum Gasteiger partial charge on any atom is 0.159 e. The molecular weight excluding hydrogens is 1110 g/mol. The number of aromatic nitrogens is 12. The van der Waals surface area contributed by atoms with Gasteiger partial charge >= 0.3 is 0 Å². The Morgan fingerprint density at radius 3 is 1.38 bits per heavy atom. The van der Waals surface area contributed by atoms with Crippen molar-refractivity contribution in [2.75, 3.05) is 7.11 Å². The maximum atomic E-state index is 12.2. The molecule has 0 unspecified atom stereocenters. The van der Waals surface area contributed by atoms with E-state index in [0.29, 0.717) is 5.56 Å². The molecule has 0 radical (unpaired) electrons. The molecule has 17 heteroatoms. The Labute approximate surface area is 478 Å². The zero-order valence-electron chi connectivity index (χ0n) is 46.4. The van der Waals surface area contributed by atoms with Crippen molar-refractivity contribution in [1.29, 1.82) is 0 Å². The zero-order valence-corrected chi connectivity index (χ0v) is 49.3. The second-order valence-corrected chi connectivity index (χ2v) is 18.1. The molecule has 78 heavy (non-hydrogen) atoms. The van der Waals surface area contributed by atoms with Gasteiger partial charge in [0, 0.05) is 129 Å². The van der Waals surface area contributed by atoms with Crippen LogP contribution in [0.5, 0.6) is 5.75 Å². The van der Waals surface area contributed by atoms with Crippen LogP contribution in [0.3, 0.4) is 0 Å². The minimum atomic E-state index is -0.315. The highest BCUT2D eigenvalue weighted by molar-refractivity contribution is 14.1. The third kappa shape index (κ3) is 40.9. The van der Waals surface area contributed by atoms with Crippen LogP contribution < -0.4 is 4.74 Å². The lowest BCUT2D eigenvalue weighted by molar-refractivity contribution is 0.101. The van der Waals surface area contributed by atoms with E-state index >= 15 is 0 Å². The summed E-state index contributed by atoms with van der Waals surface area (Å²) in [5, 5.41) is 7.92. The Balaban J connectivity index is 0.000000432. The van der Waals surface area contributed by atoms with Gasteiger partial charge in [0.1, 0.15) is 23.7 Å². The van der Waals surface area contributed by atoms with Gasteiger partial charge in [-0.25, -0.2) is 29.3 Å². The number of imidazole rings is 1. The molecule has 11 aromatic rings. The SMILES string of the molecule is CC(=O)c1ccc(F)cc1.COc1cc(C)cc(C)c1.Cc1ccc(I)cc1.Cc1ccnc(C)n1.Cc1ccncc1.Cn1cccc1.Cn1cccn1.Cn1ccnc1.c1ccsc1.c1cnccn1.c1cncnc1. The highest BCUT2D eigenvalue weighted by atomic mass is 127. The first-order chi connectivity index (χ1) is 37.6. The Morgan fingerprint density at radius 2 is 1.10 bits per heavy atom. The predicted molar refractivity (Wildman–Crippen MR) is 323 cm³/mol. The first-order valence-electron chi connectivity index (χ1n) is 24.1. The van der Waals surface area contributed by atoms with Crippen molar-refractivity contribution in [1.82, 2.24) is 58.8 Å². The van der Waals surface area contributed by atoms with Gasteiger partial charge in [-0.1, -0.05) is 35.9 Å². The van der Waals surface area contributed by atoms with Gasteiger partial charge in [-0.05, 0) is 190 Å². The summed E-state index contributed by atoms with van der Waals surface area (Å²) in [7, 11) is 7.52. The molecule has 3 aromatic carbocycles. The average Bonchev–Trinajstić information content (AvgIpc) is 4.33. The highest BCUT2D eigenvalue weighted by Crippen LogP contribution is 2.15. The smallest absolute Gasteiger partial charge is 0.159 e. The van der Waals surface area contributed by atoms with Gasteiger partial charge < -0.3 is 13.9 Å². The number of Topliss-reactive ketones (excluding diaryl/α,β-unsaturated/α-hetero) is 1. The molecule has 0 amide bonds. The molecule has 14 nitrogen and oxygen atoms in total. The molecule has 0 bridgehead atoms. The molecule has 0 atom stereocenters. The summed E-state index contributed by atoms with van der Waals surface area (Å²) in [6, 6.07) is 37.6. The Kier molecular flexibility index (Phi) is 38.9. The number of pyridine rings is 1. The van der Waals surface area contributed by atoms with Crippen LogP contribution in [0.2, 0.25) is 0 Å². The first kappa shape index (κ1) is 67.6. The number of carbonyl (C=O) groups excluding carboxylic acids is 1. The van der Waals surface area contributed by atoms with Crippen LogP contribution in [0, 0.1) is 50.9 Å². The van der Waals surface area contributed by atoms with Gasteiger partial charge in [0.2, 0.25) is 0 Å². The number of halogens is 2. The van der Waals surface area contributed by atoms with E-state index in [0.717, 1.165) is 17.3 Å². The van der Waals surface area contributed by atoms with Crippen LogP contribution in [0.15, 0.2) is 238 Å². The van der Waals surface area contributed by atoms with Crippen molar-refractivity contribution in [3.63, 3.8) is 0 Å². The lowest BCUT2D eigenvalue weighted by Gasteiger charge is -2.01. The van der Waals surface area contributed by atoms with Crippen LogP contribution in [-0.2, 0) is 21.1 Å². The molecule has 0 aliphatic heterocycles. The Hall–Kier alpha value is -8.42. The van der Waals surface area contributed by atoms with E-state index in [4.69, 9.17) is 4.74 Å². The van der Waals surface area contributed by atoms with Gasteiger partial charge in [0.15, 0.2) is 5.78 Å². The van der Waals surface area contributed by atoms with Gasteiger partial charge in [0.05, 0.1) is 13.4 Å². The highest BCUT2D eigenvalue weighted by Gasteiger charge is 1.97. The third-order valence-electron chi connectivity index (χ3n) is 8.86. The van der Waals surface area contributed by atoms with E-state index in [9.17, 15) is 9.18 Å². The molecule has 0 fully saturated rings. The van der Waals surface area contributed by atoms with E-state index in [2.05, 4.69) is 119 Å². The minimum absolute atomic E-state index is 0.0417. The monoisotopic (exact) mass is 1180 g/mol. The standard InChI is InChI=1S/C9H12O.C8H7FO.C7H7I.C6H8N2.C6H7N.C5H7N.2C4H6N2.2C4H4N2.C4H4S/c1-7-4-8(2)6-9(5-7)10-3;1-6(10)7-2-4-8(9)5-3-7;1-6-2-4-7(8)5-3-6;1-5-3-4-7-6(2)8-5;1-6-2-4-7-5-3-6;1-6-4-2-3-5-6;1-6-3-2-5-4-6;1-6-4-2-3-5-6;1-2-6-4-3-5-1;1-2-5-4-6-3-1;1-2-4-5-3-1/h4-6H,1-3H3;2-5H,1H3;2-5H,1H3;3-4H,1-2H3;2-5H,1H3;2-5H,1H3;2*2-4H,1H3;2*1-4H;1-4H. The first-order valence-corrected chi connectivity index (χ1v) is 26.1. The van der Waals surface area contributed by atoms with Gasteiger partial charge in [0.25, 0.3) is 0 Å². The number of benzene rings is 3. The normalized spacial score (nSPS) is 8.88. The molecule has 11 rings (SSSR count). The molecule has 408 valence electrons. The van der Waals surface area contributed by atoms with Crippen LogP contribution in [0.1, 0.15) is 51.1 Å². The molecule has 0 aliphatic carbocycles. The number of hydrogen-bond acceptors (Lipinski definition) is 12. The van der Waals surface area contributed by atoms with Crippen molar-refractivity contribution in [2.45, 2.75) is 48.5 Å². The maximum absolute atomic E-state index is 12.2. The largest absolute Gasteiger partial charge is 0.497 e. The Bertz CT molecular complexity index is 2780. The fraction of sp³-hybridized carbons (Fsp3) is 0.180. The number of ether oxygens (including phenoxy) is 1. The number of hydrogen-bond donors (Lipinski definition) is 0. The number of nitrogens with zero attached hydrogens (tertiary/aromatic N) is 12. The summed E-state index contributed by atoms with van der Waals surface area (Å²) in [4.78, 5) is 41.0.